The summed E-state index contributed by atoms with van der Waals surface area (Å²) in [6, 6.07) is 13.0. The number of hydrogen-bond donors (Lipinski definition) is 1. The lowest BCUT2D eigenvalue weighted by Crippen LogP contribution is -2.36. The first kappa shape index (κ1) is 27.1. The molecule has 1 N–H and O–H groups in total. The molecule has 0 saturated carbocycles. The third kappa shape index (κ3) is 5.06. The fraction of sp³-hybridized carbons (Fsp3) is 0.188. The molecule has 2 aromatic carbocycles. The second kappa shape index (κ2) is 11.4. The van der Waals surface area contributed by atoms with Crippen LogP contribution in [0.2, 0.25) is 0 Å². The third-order valence-electron chi connectivity index (χ3n) is 7.26. The van der Waals surface area contributed by atoms with Gasteiger partial charge in [0.25, 0.3) is 0 Å². The molecule has 3 aromatic heterocycles. The molecule has 4 heterocycles. The van der Waals surface area contributed by atoms with Crippen LogP contribution in [-0.4, -0.2) is 48.4 Å². The number of nitrogens with zero attached hydrogens (tertiary/aromatic N) is 5. The molecule has 1 saturated heterocycles. The summed E-state index contributed by atoms with van der Waals surface area (Å²) < 4.78 is 40.9. The topological polar surface area (TPSA) is 76.8 Å². The van der Waals surface area contributed by atoms with Gasteiger partial charge < -0.3 is 19.7 Å². The first-order valence-corrected chi connectivity index (χ1v) is 13.3. The van der Waals surface area contributed by atoms with E-state index in [1.807, 2.05) is 25.1 Å². The van der Waals surface area contributed by atoms with Crippen molar-refractivity contribution in [2.75, 3.05) is 43.6 Å². The summed E-state index contributed by atoms with van der Waals surface area (Å²) in [6.07, 6.45) is 4.92. The first-order chi connectivity index (χ1) is 20.5. The van der Waals surface area contributed by atoms with E-state index in [2.05, 4.69) is 30.0 Å². The lowest BCUT2D eigenvalue weighted by Gasteiger charge is -2.31. The number of ether oxygens (including phenoxy) is 2. The van der Waals surface area contributed by atoms with Gasteiger partial charge in [0.05, 0.1) is 61.1 Å². The molecule has 0 bridgehead atoms. The molecule has 1 fully saturated rings. The van der Waals surface area contributed by atoms with Gasteiger partial charge in [0.1, 0.15) is 17.4 Å². The third-order valence-corrected chi connectivity index (χ3v) is 7.26. The molecule has 5 aromatic rings. The van der Waals surface area contributed by atoms with Gasteiger partial charge in [-0.05, 0) is 42.8 Å². The van der Waals surface area contributed by atoms with E-state index in [9.17, 15) is 4.39 Å². The van der Waals surface area contributed by atoms with Crippen molar-refractivity contribution in [1.82, 2.24) is 15.0 Å². The van der Waals surface area contributed by atoms with Crippen LogP contribution in [0.15, 0.2) is 67.1 Å². The maximum atomic E-state index is 15.5. The summed E-state index contributed by atoms with van der Waals surface area (Å²) in [7, 11) is 1.56. The van der Waals surface area contributed by atoms with Gasteiger partial charge in [0.2, 0.25) is 5.69 Å². The Morgan fingerprint density at radius 2 is 1.90 bits per heavy atom. The molecule has 0 radical (unpaired) electrons. The lowest BCUT2D eigenvalue weighted by atomic mass is 10.00. The van der Waals surface area contributed by atoms with E-state index in [-0.39, 0.29) is 10.9 Å². The van der Waals surface area contributed by atoms with Gasteiger partial charge in [-0.1, -0.05) is 6.07 Å². The minimum Gasteiger partial charge on any atom is -0.495 e. The molecule has 1 aliphatic heterocycles. The van der Waals surface area contributed by atoms with Crippen molar-refractivity contribution in [3.63, 3.8) is 0 Å². The molecule has 42 heavy (non-hydrogen) atoms. The largest absolute Gasteiger partial charge is 0.495 e. The Bertz CT molecular complexity index is 1840. The van der Waals surface area contributed by atoms with Crippen molar-refractivity contribution in [3.05, 3.63) is 95.7 Å². The summed E-state index contributed by atoms with van der Waals surface area (Å²) in [5, 5.41) is 3.61. The Morgan fingerprint density at radius 1 is 1.07 bits per heavy atom. The van der Waals surface area contributed by atoms with Gasteiger partial charge in [-0.3, -0.25) is 9.97 Å². The number of nitrogens with one attached hydrogen (secondary N) is 1. The monoisotopic (exact) mass is 564 g/mol. The van der Waals surface area contributed by atoms with Crippen LogP contribution in [0.3, 0.4) is 0 Å². The quantitative estimate of drug-likeness (QED) is 0.221. The fourth-order valence-electron chi connectivity index (χ4n) is 5.19. The van der Waals surface area contributed by atoms with Crippen LogP contribution in [0.4, 0.5) is 31.5 Å². The Hall–Kier alpha value is -5.14. The molecule has 210 valence electrons. The van der Waals surface area contributed by atoms with E-state index in [0.29, 0.717) is 77.2 Å². The molecule has 6 rings (SSSR count). The van der Waals surface area contributed by atoms with Gasteiger partial charge in [-0.2, -0.15) is 0 Å². The van der Waals surface area contributed by atoms with Crippen LogP contribution >= 0.6 is 0 Å². The highest BCUT2D eigenvalue weighted by molar-refractivity contribution is 6.00. The number of rotatable bonds is 6. The van der Waals surface area contributed by atoms with Crippen LogP contribution in [0, 0.1) is 25.1 Å². The molecule has 1 aliphatic rings. The number of aromatic nitrogens is 3. The van der Waals surface area contributed by atoms with Gasteiger partial charge in [0.15, 0.2) is 0 Å². The molecule has 0 aliphatic carbocycles. The Kier molecular flexibility index (Phi) is 7.33. The standard InChI is InChI=1S/C32H26F2N6O2/c1-19-31(25-6-4-5-7-37-25)39-28-14-21(33)13-24(34)30(28)32(19)38-26-16-29(40-8-10-42-11-9-40)27(35-2)15-23(26)20-12-22(41-3)18-36-17-20/h4-7,12-18H,8-11H2,1,3H3,(H,38,39). The molecule has 0 amide bonds. The minimum absolute atomic E-state index is 0.144. The van der Waals surface area contributed by atoms with E-state index >= 15 is 4.39 Å². The molecule has 0 unspecified atom stereocenters. The number of halogens is 2. The lowest BCUT2D eigenvalue weighted by molar-refractivity contribution is 0.123. The smallest absolute Gasteiger partial charge is 0.210 e. The fourth-order valence-corrected chi connectivity index (χ4v) is 5.19. The molecule has 8 nitrogen and oxygen atoms in total. The highest BCUT2D eigenvalue weighted by atomic mass is 19.1. The molecule has 0 spiro atoms. The molecular formula is C32H26F2N6O2. The summed E-state index contributed by atoms with van der Waals surface area (Å²) >= 11 is 0. The minimum atomic E-state index is -0.744. The molecular weight excluding hydrogens is 538 g/mol. The maximum Gasteiger partial charge on any atom is 0.210 e. The average Bonchev–Trinajstić information content (AvgIpc) is 3.02. The van der Waals surface area contributed by atoms with Gasteiger partial charge >= 0.3 is 0 Å². The Labute approximate surface area is 241 Å². The van der Waals surface area contributed by atoms with Crippen molar-refractivity contribution >= 4 is 33.7 Å². The second-order valence-electron chi connectivity index (χ2n) is 9.79. The number of morpholine rings is 1. The predicted molar refractivity (Wildman–Crippen MR) is 158 cm³/mol. The van der Waals surface area contributed by atoms with Gasteiger partial charge in [-0.15, -0.1) is 0 Å². The van der Waals surface area contributed by atoms with Crippen LogP contribution in [-0.2, 0) is 4.74 Å². The van der Waals surface area contributed by atoms with E-state index < -0.39 is 11.6 Å². The number of anilines is 3. The predicted octanol–water partition coefficient (Wildman–Crippen LogP) is 7.09. The normalized spacial score (nSPS) is 13.2. The van der Waals surface area contributed by atoms with Crippen molar-refractivity contribution in [1.29, 1.82) is 0 Å². The van der Waals surface area contributed by atoms with E-state index in [1.165, 1.54) is 6.07 Å². The number of methoxy groups -OCH3 is 1. The number of pyridine rings is 3. The Morgan fingerprint density at radius 3 is 2.64 bits per heavy atom. The Balaban J connectivity index is 1.61. The molecule has 10 heteroatoms. The zero-order valence-corrected chi connectivity index (χ0v) is 23.0. The van der Waals surface area contributed by atoms with Crippen LogP contribution in [0.5, 0.6) is 5.75 Å². The van der Waals surface area contributed by atoms with Crippen LogP contribution in [0.25, 0.3) is 38.3 Å². The van der Waals surface area contributed by atoms with Crippen LogP contribution in [0.1, 0.15) is 5.56 Å². The van der Waals surface area contributed by atoms with Gasteiger partial charge in [-0.25, -0.2) is 18.6 Å². The van der Waals surface area contributed by atoms with E-state index in [4.69, 9.17) is 16.0 Å². The molecule has 0 atom stereocenters. The number of fused-ring (bicyclic) bond motifs is 1. The second-order valence-corrected chi connectivity index (χ2v) is 9.79. The van der Waals surface area contributed by atoms with Crippen molar-refractivity contribution in [3.8, 4) is 28.3 Å². The summed E-state index contributed by atoms with van der Waals surface area (Å²) in [4.78, 5) is 19.3. The summed E-state index contributed by atoms with van der Waals surface area (Å²) in [5.74, 6) is -0.926. The highest BCUT2D eigenvalue weighted by Crippen LogP contribution is 2.44. The number of hydrogen-bond acceptors (Lipinski definition) is 7. The number of benzene rings is 2. The van der Waals surface area contributed by atoms with E-state index in [1.54, 1.807) is 43.9 Å². The first-order valence-electron chi connectivity index (χ1n) is 13.3. The van der Waals surface area contributed by atoms with E-state index in [0.717, 1.165) is 11.8 Å². The summed E-state index contributed by atoms with van der Waals surface area (Å²) in [5.41, 5.74) is 5.40. The zero-order valence-electron chi connectivity index (χ0n) is 23.0. The SMILES string of the molecule is [C-]#[N+]c1cc(-c2cncc(OC)c2)c(Nc2c(C)c(-c3ccccn3)nc3cc(F)cc(F)c23)cc1N1CCOCC1. The van der Waals surface area contributed by atoms with Gasteiger partial charge in [0, 0.05) is 60.1 Å². The van der Waals surface area contributed by atoms with Crippen molar-refractivity contribution in [2.24, 2.45) is 0 Å². The summed E-state index contributed by atoms with van der Waals surface area (Å²) in [6.45, 7) is 12.1. The highest BCUT2D eigenvalue weighted by Gasteiger charge is 2.23. The van der Waals surface area contributed by atoms with Crippen molar-refractivity contribution in [2.45, 2.75) is 6.92 Å². The average molecular weight is 565 g/mol. The van der Waals surface area contributed by atoms with Crippen molar-refractivity contribution < 1.29 is 18.3 Å². The zero-order chi connectivity index (χ0) is 29.2. The van der Waals surface area contributed by atoms with Crippen LogP contribution < -0.4 is 15.0 Å². The maximum absolute atomic E-state index is 15.5.